The zero-order valence-corrected chi connectivity index (χ0v) is 22.8. The molecular weight excluding hydrogens is 530 g/mol. The number of nitrogens with zero attached hydrogens (tertiary/aromatic N) is 2. The normalized spacial score (nSPS) is 17.5. The average Bonchev–Trinajstić information content (AvgIpc) is 3.41. The number of rotatable bonds is 9. The van der Waals surface area contributed by atoms with Gasteiger partial charge in [0.15, 0.2) is 0 Å². The summed E-state index contributed by atoms with van der Waals surface area (Å²) in [5.41, 5.74) is 15.5. The maximum Gasteiger partial charge on any atom is 0.433 e. The van der Waals surface area contributed by atoms with Crippen molar-refractivity contribution >= 4 is 36.2 Å². The molecule has 1 aliphatic rings. The highest BCUT2D eigenvalue weighted by Crippen LogP contribution is 2.32. The first-order chi connectivity index (χ1) is 18.8. The smallest absolute Gasteiger partial charge is 0.433 e. The predicted octanol–water partition coefficient (Wildman–Crippen LogP) is 3.45. The van der Waals surface area contributed by atoms with Crippen molar-refractivity contribution in [2.24, 2.45) is 16.5 Å². The van der Waals surface area contributed by atoms with Gasteiger partial charge < -0.3 is 26.8 Å². The first kappa shape index (κ1) is 30.3. The van der Waals surface area contributed by atoms with Crippen molar-refractivity contribution in [2.75, 3.05) is 6.54 Å². The van der Waals surface area contributed by atoms with Crippen LogP contribution in [0.25, 0.3) is 0 Å². The minimum Gasteiger partial charge on any atom is -0.463 e. The van der Waals surface area contributed by atoms with E-state index in [1.54, 1.807) is 29.2 Å². The van der Waals surface area contributed by atoms with Gasteiger partial charge in [0.25, 0.3) is 0 Å². The fourth-order valence-corrected chi connectivity index (χ4v) is 4.87. The molecule has 10 heteroatoms. The van der Waals surface area contributed by atoms with Crippen LogP contribution in [0.3, 0.4) is 0 Å². The number of halogens is 1. The van der Waals surface area contributed by atoms with Crippen molar-refractivity contribution in [3.05, 3.63) is 107 Å². The Morgan fingerprint density at radius 1 is 0.950 bits per heavy atom. The van der Waals surface area contributed by atoms with Crippen molar-refractivity contribution in [3.63, 3.8) is 0 Å². The second kappa shape index (κ2) is 14.3. The summed E-state index contributed by atoms with van der Waals surface area (Å²) in [6, 6.07) is 25.2. The molecule has 3 aromatic carbocycles. The van der Waals surface area contributed by atoms with Crippen LogP contribution in [0.4, 0.5) is 4.79 Å². The predicted molar refractivity (Wildman–Crippen MR) is 156 cm³/mol. The number of benzene rings is 3. The Kier molecular flexibility index (Phi) is 10.8. The monoisotopic (exact) mass is 563 g/mol. The number of carbonyl (C=O) groups excluding carboxylic acids is 2. The van der Waals surface area contributed by atoms with Gasteiger partial charge in [-0.05, 0) is 36.0 Å². The maximum atomic E-state index is 13.5. The number of aliphatic imine (C=N–C) groups is 1. The minimum atomic E-state index is -1.37. The summed E-state index contributed by atoms with van der Waals surface area (Å²) in [7, 11) is 0. The summed E-state index contributed by atoms with van der Waals surface area (Å²) in [6.07, 6.45) is 0.310. The highest BCUT2D eigenvalue weighted by atomic mass is 35.5. The highest BCUT2D eigenvalue weighted by Gasteiger charge is 2.41. The standard InChI is InChI=1S/C30H33N5O4.ClH/c31-25(16-13-20-7-3-1-4-8-20)29(37)35-19-24(22-9-5-2-6-10-22)17-26(35)28(36)33-18-21-11-14-23(15-12-21)27(32)34-30(38)39;/h1-12,14-15,24-26H,13,16-19,31H2,(H2,32,34)(H,33,36)(H,38,39);1H/t24-,25?,26-;/m0./s1. The van der Waals surface area contributed by atoms with Crippen LogP contribution in [0.2, 0.25) is 0 Å². The van der Waals surface area contributed by atoms with Crippen LogP contribution in [0, 0.1) is 0 Å². The van der Waals surface area contributed by atoms with Crippen LogP contribution >= 0.6 is 12.4 Å². The number of carbonyl (C=O) groups is 3. The second-order valence-corrected chi connectivity index (χ2v) is 9.67. The van der Waals surface area contributed by atoms with Crippen LogP contribution < -0.4 is 16.8 Å². The molecule has 1 saturated heterocycles. The lowest BCUT2D eigenvalue weighted by atomic mass is 9.96. The lowest BCUT2D eigenvalue weighted by Crippen LogP contribution is -2.51. The van der Waals surface area contributed by atoms with Gasteiger partial charge in [-0.3, -0.25) is 9.59 Å². The van der Waals surface area contributed by atoms with Crippen LogP contribution in [-0.2, 0) is 22.6 Å². The van der Waals surface area contributed by atoms with E-state index in [-0.39, 0.29) is 42.5 Å². The topological polar surface area (TPSA) is 151 Å². The summed E-state index contributed by atoms with van der Waals surface area (Å²) in [5.74, 6) is -0.535. The van der Waals surface area contributed by atoms with Crippen molar-refractivity contribution in [3.8, 4) is 0 Å². The Labute approximate surface area is 239 Å². The molecule has 1 unspecified atom stereocenters. The SMILES string of the molecule is Cl.NC(=NC(=O)O)c1ccc(CNC(=O)[C@@H]2C[C@H](c3ccccc3)CN2C(=O)C(N)CCc2ccccc2)cc1. The molecule has 9 nitrogen and oxygen atoms in total. The first-order valence-corrected chi connectivity index (χ1v) is 12.9. The molecule has 0 aromatic heterocycles. The summed E-state index contributed by atoms with van der Waals surface area (Å²) in [5, 5.41) is 11.7. The van der Waals surface area contributed by atoms with E-state index in [0.29, 0.717) is 31.4 Å². The molecule has 210 valence electrons. The molecule has 0 aliphatic carbocycles. The van der Waals surface area contributed by atoms with Crippen LogP contribution in [0.1, 0.15) is 41.0 Å². The zero-order valence-electron chi connectivity index (χ0n) is 22.0. The molecule has 1 aliphatic heterocycles. The third-order valence-corrected chi connectivity index (χ3v) is 6.99. The summed E-state index contributed by atoms with van der Waals surface area (Å²) in [6.45, 7) is 0.667. The molecular formula is C30H34ClN5O4. The van der Waals surface area contributed by atoms with Crippen molar-refractivity contribution < 1.29 is 19.5 Å². The molecule has 0 radical (unpaired) electrons. The number of amides is 3. The van der Waals surface area contributed by atoms with Crippen molar-refractivity contribution in [1.82, 2.24) is 10.2 Å². The van der Waals surface area contributed by atoms with E-state index in [2.05, 4.69) is 10.3 Å². The summed E-state index contributed by atoms with van der Waals surface area (Å²) in [4.78, 5) is 42.5. The molecule has 0 saturated carbocycles. The van der Waals surface area contributed by atoms with E-state index in [1.165, 1.54) is 0 Å². The maximum absolute atomic E-state index is 13.5. The van der Waals surface area contributed by atoms with Gasteiger partial charge in [-0.15, -0.1) is 12.4 Å². The summed E-state index contributed by atoms with van der Waals surface area (Å²) < 4.78 is 0. The Hall–Kier alpha value is -4.21. The van der Waals surface area contributed by atoms with Gasteiger partial charge in [0.05, 0.1) is 6.04 Å². The Morgan fingerprint density at radius 3 is 2.20 bits per heavy atom. The minimum absolute atomic E-state index is 0. The molecule has 4 rings (SSSR count). The third-order valence-electron chi connectivity index (χ3n) is 6.99. The van der Waals surface area contributed by atoms with Crippen molar-refractivity contribution in [2.45, 2.75) is 43.8 Å². The summed E-state index contributed by atoms with van der Waals surface area (Å²) >= 11 is 0. The van der Waals surface area contributed by atoms with Gasteiger partial charge in [0.1, 0.15) is 11.9 Å². The molecule has 3 aromatic rings. The third kappa shape index (κ3) is 7.91. The number of nitrogens with two attached hydrogens (primary N) is 2. The Balaban J connectivity index is 0.00000441. The average molecular weight is 564 g/mol. The number of amidine groups is 1. The number of likely N-dealkylation sites (tertiary alicyclic amines) is 1. The number of nitrogens with one attached hydrogen (secondary N) is 1. The quantitative estimate of drug-likeness (QED) is 0.231. The molecule has 0 bridgehead atoms. The number of aryl methyl sites for hydroxylation is 1. The number of hydrogen-bond donors (Lipinski definition) is 4. The van der Waals surface area contributed by atoms with Crippen LogP contribution in [0.15, 0.2) is 89.9 Å². The Bertz CT molecular complexity index is 1320. The van der Waals surface area contributed by atoms with Crippen molar-refractivity contribution in [1.29, 1.82) is 0 Å². The molecule has 3 amide bonds. The largest absolute Gasteiger partial charge is 0.463 e. The zero-order chi connectivity index (χ0) is 27.8. The molecule has 3 atom stereocenters. The molecule has 1 fully saturated rings. The van der Waals surface area contributed by atoms with Gasteiger partial charge in [-0.25, -0.2) is 4.79 Å². The van der Waals surface area contributed by atoms with E-state index in [1.807, 2.05) is 60.7 Å². The van der Waals surface area contributed by atoms with E-state index in [0.717, 1.165) is 16.7 Å². The fourth-order valence-electron chi connectivity index (χ4n) is 4.87. The lowest BCUT2D eigenvalue weighted by molar-refractivity contribution is -0.139. The van der Waals surface area contributed by atoms with Gasteiger partial charge in [0.2, 0.25) is 11.8 Å². The number of hydrogen-bond acceptors (Lipinski definition) is 4. The molecule has 40 heavy (non-hydrogen) atoms. The Morgan fingerprint density at radius 2 is 1.57 bits per heavy atom. The molecule has 0 spiro atoms. The van der Waals surface area contributed by atoms with E-state index < -0.39 is 18.2 Å². The fraction of sp³-hybridized carbons (Fsp3) is 0.267. The van der Waals surface area contributed by atoms with Gasteiger partial charge in [-0.1, -0.05) is 84.9 Å². The second-order valence-electron chi connectivity index (χ2n) is 9.67. The van der Waals surface area contributed by atoms with Crippen LogP contribution in [-0.4, -0.2) is 52.4 Å². The molecule has 6 N–H and O–H groups in total. The van der Waals surface area contributed by atoms with E-state index in [9.17, 15) is 14.4 Å². The van der Waals surface area contributed by atoms with Gasteiger partial charge in [-0.2, -0.15) is 4.99 Å². The van der Waals surface area contributed by atoms with Crippen LogP contribution in [0.5, 0.6) is 0 Å². The first-order valence-electron chi connectivity index (χ1n) is 12.9. The number of carboxylic acid groups (broad SMARTS) is 1. The van der Waals surface area contributed by atoms with Gasteiger partial charge >= 0.3 is 6.09 Å². The highest BCUT2D eigenvalue weighted by molar-refractivity contribution is 6.02. The van der Waals surface area contributed by atoms with E-state index in [4.69, 9.17) is 16.6 Å². The lowest BCUT2D eigenvalue weighted by Gasteiger charge is -2.27. The van der Waals surface area contributed by atoms with E-state index >= 15 is 0 Å². The molecule has 1 heterocycles. The van der Waals surface area contributed by atoms with Gasteiger partial charge in [0, 0.05) is 24.6 Å².